The summed E-state index contributed by atoms with van der Waals surface area (Å²) < 4.78 is 0. The topological polar surface area (TPSA) is 26.0 Å². The van der Waals surface area contributed by atoms with E-state index < -0.39 is 0 Å². The third-order valence-electron chi connectivity index (χ3n) is 3.99. The van der Waals surface area contributed by atoms with Gasteiger partial charge in [-0.15, -0.1) is 0 Å². The van der Waals surface area contributed by atoms with Gasteiger partial charge in [0, 0.05) is 6.04 Å². The van der Waals surface area contributed by atoms with Crippen LogP contribution in [0.5, 0.6) is 0 Å². The molecule has 1 fully saturated rings. The van der Waals surface area contributed by atoms with Crippen molar-refractivity contribution in [1.29, 1.82) is 0 Å². The van der Waals surface area contributed by atoms with E-state index in [1.807, 2.05) is 0 Å². The molecule has 0 saturated heterocycles. The summed E-state index contributed by atoms with van der Waals surface area (Å²) in [6.45, 7) is 6.95. The van der Waals surface area contributed by atoms with Gasteiger partial charge in [-0.05, 0) is 49.9 Å². The van der Waals surface area contributed by atoms with Crippen LogP contribution < -0.4 is 5.73 Å². The smallest absolute Gasteiger partial charge is 0.00670 e. The van der Waals surface area contributed by atoms with E-state index >= 15 is 0 Å². The molecule has 0 unspecified atom stereocenters. The molecule has 0 heterocycles. The standard InChI is InChI=1S/C13H27N/c1-4-5-13(14)12-8-6-11(7-9-12)10(2)3/h10-13H,4-9,14H2,1-3H3/t11?,12?,13-/m1/s1. The number of rotatable bonds is 4. The number of nitrogens with two attached hydrogens (primary N) is 1. The summed E-state index contributed by atoms with van der Waals surface area (Å²) in [7, 11) is 0. The van der Waals surface area contributed by atoms with Gasteiger partial charge in [0.2, 0.25) is 0 Å². The fourth-order valence-corrected chi connectivity index (χ4v) is 2.81. The van der Waals surface area contributed by atoms with Crippen LogP contribution in [0.1, 0.15) is 59.3 Å². The van der Waals surface area contributed by atoms with Crippen LogP contribution in [0, 0.1) is 17.8 Å². The molecule has 2 N–H and O–H groups in total. The van der Waals surface area contributed by atoms with Crippen molar-refractivity contribution >= 4 is 0 Å². The Morgan fingerprint density at radius 2 is 1.57 bits per heavy atom. The van der Waals surface area contributed by atoms with Gasteiger partial charge >= 0.3 is 0 Å². The molecule has 84 valence electrons. The molecule has 0 radical (unpaired) electrons. The third-order valence-corrected chi connectivity index (χ3v) is 3.99. The molecule has 0 spiro atoms. The summed E-state index contributed by atoms with van der Waals surface area (Å²) in [6, 6.07) is 0.480. The molecule has 1 nitrogen and oxygen atoms in total. The Morgan fingerprint density at radius 3 is 2.00 bits per heavy atom. The van der Waals surface area contributed by atoms with Crippen molar-refractivity contribution in [3.05, 3.63) is 0 Å². The van der Waals surface area contributed by atoms with E-state index in [0.29, 0.717) is 6.04 Å². The first-order chi connectivity index (χ1) is 6.65. The monoisotopic (exact) mass is 197 g/mol. The van der Waals surface area contributed by atoms with Gasteiger partial charge < -0.3 is 5.73 Å². The summed E-state index contributed by atoms with van der Waals surface area (Å²) in [6.07, 6.45) is 8.05. The SMILES string of the molecule is CCC[C@@H](N)C1CCC(C(C)C)CC1. The van der Waals surface area contributed by atoms with Crippen molar-refractivity contribution in [2.45, 2.75) is 65.3 Å². The lowest BCUT2D eigenvalue weighted by atomic mass is 9.74. The molecule has 14 heavy (non-hydrogen) atoms. The Balaban J connectivity index is 2.28. The largest absolute Gasteiger partial charge is 0.327 e. The average Bonchev–Trinajstić information content (AvgIpc) is 2.18. The molecule has 1 saturated carbocycles. The molecule has 1 aliphatic carbocycles. The van der Waals surface area contributed by atoms with Gasteiger partial charge in [0.05, 0.1) is 0 Å². The second-order valence-corrected chi connectivity index (χ2v) is 5.37. The van der Waals surface area contributed by atoms with Gasteiger partial charge in [-0.2, -0.15) is 0 Å². The van der Waals surface area contributed by atoms with E-state index in [1.165, 1.54) is 38.5 Å². The zero-order valence-electron chi connectivity index (χ0n) is 10.1. The molecule has 0 aromatic rings. The summed E-state index contributed by atoms with van der Waals surface area (Å²) in [5.41, 5.74) is 6.18. The third kappa shape index (κ3) is 3.27. The Labute approximate surface area is 89.5 Å². The van der Waals surface area contributed by atoms with Crippen molar-refractivity contribution in [2.24, 2.45) is 23.5 Å². The van der Waals surface area contributed by atoms with E-state index in [-0.39, 0.29) is 0 Å². The van der Waals surface area contributed by atoms with E-state index in [0.717, 1.165) is 17.8 Å². The maximum Gasteiger partial charge on any atom is 0.00670 e. The summed E-state index contributed by atoms with van der Waals surface area (Å²) >= 11 is 0. The van der Waals surface area contributed by atoms with Crippen LogP contribution >= 0.6 is 0 Å². The van der Waals surface area contributed by atoms with Crippen LogP contribution in [0.3, 0.4) is 0 Å². The highest BCUT2D eigenvalue weighted by atomic mass is 14.6. The fraction of sp³-hybridized carbons (Fsp3) is 1.00. The Bertz CT molecular complexity index is 145. The minimum atomic E-state index is 0.480. The van der Waals surface area contributed by atoms with Gasteiger partial charge in [0.15, 0.2) is 0 Å². The molecule has 1 rings (SSSR count). The molecule has 0 aromatic carbocycles. The summed E-state index contributed by atoms with van der Waals surface area (Å²) in [5, 5.41) is 0. The Hall–Kier alpha value is -0.0400. The minimum absolute atomic E-state index is 0.480. The first-order valence-electron chi connectivity index (χ1n) is 6.40. The highest BCUT2D eigenvalue weighted by molar-refractivity contribution is 4.80. The van der Waals surface area contributed by atoms with Crippen LogP contribution in [0.4, 0.5) is 0 Å². The van der Waals surface area contributed by atoms with Crippen molar-refractivity contribution in [2.75, 3.05) is 0 Å². The molecular formula is C13H27N. The Morgan fingerprint density at radius 1 is 1.07 bits per heavy atom. The second-order valence-electron chi connectivity index (χ2n) is 5.37. The fourth-order valence-electron chi connectivity index (χ4n) is 2.81. The van der Waals surface area contributed by atoms with Crippen LogP contribution in [0.15, 0.2) is 0 Å². The summed E-state index contributed by atoms with van der Waals surface area (Å²) in [4.78, 5) is 0. The highest BCUT2D eigenvalue weighted by Crippen LogP contribution is 2.34. The lowest BCUT2D eigenvalue weighted by Gasteiger charge is -2.33. The van der Waals surface area contributed by atoms with Gasteiger partial charge in [0.25, 0.3) is 0 Å². The average molecular weight is 197 g/mol. The zero-order valence-corrected chi connectivity index (χ0v) is 10.1. The molecule has 0 aliphatic heterocycles. The minimum Gasteiger partial charge on any atom is -0.327 e. The maximum atomic E-state index is 6.18. The van der Waals surface area contributed by atoms with E-state index in [4.69, 9.17) is 5.73 Å². The van der Waals surface area contributed by atoms with Crippen LogP contribution in [-0.2, 0) is 0 Å². The quantitative estimate of drug-likeness (QED) is 0.732. The first-order valence-corrected chi connectivity index (χ1v) is 6.40. The number of hydrogen-bond donors (Lipinski definition) is 1. The molecule has 1 heteroatoms. The molecule has 1 aliphatic rings. The Kier molecular flexibility index (Phi) is 4.94. The lowest BCUT2D eigenvalue weighted by molar-refractivity contribution is 0.199. The normalized spacial score (nSPS) is 30.6. The molecule has 1 atom stereocenters. The van der Waals surface area contributed by atoms with E-state index in [1.54, 1.807) is 0 Å². The van der Waals surface area contributed by atoms with Crippen molar-refractivity contribution in [1.82, 2.24) is 0 Å². The van der Waals surface area contributed by atoms with Gasteiger partial charge in [-0.25, -0.2) is 0 Å². The van der Waals surface area contributed by atoms with Gasteiger partial charge in [-0.3, -0.25) is 0 Å². The van der Waals surface area contributed by atoms with Crippen molar-refractivity contribution < 1.29 is 0 Å². The predicted octanol–water partition coefficient (Wildman–Crippen LogP) is 3.58. The van der Waals surface area contributed by atoms with Crippen molar-refractivity contribution in [3.8, 4) is 0 Å². The second kappa shape index (κ2) is 5.75. The zero-order chi connectivity index (χ0) is 10.6. The lowest BCUT2D eigenvalue weighted by Crippen LogP contribution is -2.33. The van der Waals surface area contributed by atoms with E-state index in [2.05, 4.69) is 20.8 Å². The van der Waals surface area contributed by atoms with Crippen molar-refractivity contribution in [3.63, 3.8) is 0 Å². The van der Waals surface area contributed by atoms with Crippen LogP contribution in [0.25, 0.3) is 0 Å². The van der Waals surface area contributed by atoms with Gasteiger partial charge in [0.1, 0.15) is 0 Å². The molecule has 0 amide bonds. The van der Waals surface area contributed by atoms with Crippen LogP contribution in [0.2, 0.25) is 0 Å². The van der Waals surface area contributed by atoms with Crippen LogP contribution in [-0.4, -0.2) is 6.04 Å². The molecule has 0 aromatic heterocycles. The molecule has 0 bridgehead atoms. The molecular weight excluding hydrogens is 170 g/mol. The number of hydrogen-bond acceptors (Lipinski definition) is 1. The first kappa shape index (κ1) is 12.0. The summed E-state index contributed by atoms with van der Waals surface area (Å²) in [5.74, 6) is 2.67. The maximum absolute atomic E-state index is 6.18. The van der Waals surface area contributed by atoms with E-state index in [9.17, 15) is 0 Å². The van der Waals surface area contributed by atoms with Gasteiger partial charge in [-0.1, -0.05) is 27.2 Å². The highest BCUT2D eigenvalue weighted by Gasteiger charge is 2.26. The predicted molar refractivity (Wildman–Crippen MR) is 63.2 cm³/mol.